The molecule has 1 aliphatic rings. The van der Waals surface area contributed by atoms with E-state index in [1.165, 1.54) is 16.4 Å². The van der Waals surface area contributed by atoms with Gasteiger partial charge in [0.05, 0.1) is 5.69 Å². The van der Waals surface area contributed by atoms with Crippen LogP contribution >= 0.6 is 0 Å². The van der Waals surface area contributed by atoms with E-state index in [0.717, 1.165) is 18.9 Å². The molecular weight excluding hydrogens is 255 g/mol. The first kappa shape index (κ1) is 13.3. The average molecular weight is 272 g/mol. The number of anilines is 1. The molecule has 18 heavy (non-hydrogen) atoms. The molecule has 0 amide bonds. The van der Waals surface area contributed by atoms with Crippen molar-refractivity contribution in [1.82, 2.24) is 4.31 Å². The zero-order valence-corrected chi connectivity index (χ0v) is 11.1. The Balaban J connectivity index is 2.34. The van der Waals surface area contributed by atoms with E-state index in [1.54, 1.807) is 0 Å². The van der Waals surface area contributed by atoms with Gasteiger partial charge < -0.3 is 5.73 Å². The number of para-hydroxylation sites is 1. The summed E-state index contributed by atoms with van der Waals surface area (Å²) in [5.74, 6) is -0.164. The molecular formula is C12H17FN2O2S. The molecule has 1 aliphatic heterocycles. The third-order valence-electron chi connectivity index (χ3n) is 3.37. The number of nitrogens with two attached hydrogens (primary N) is 1. The number of benzene rings is 1. The van der Waals surface area contributed by atoms with Crippen LogP contribution in [0.1, 0.15) is 19.8 Å². The van der Waals surface area contributed by atoms with E-state index < -0.39 is 15.8 Å². The fourth-order valence-corrected chi connectivity index (χ4v) is 3.70. The summed E-state index contributed by atoms with van der Waals surface area (Å²) in [6.07, 6.45) is 1.66. The van der Waals surface area contributed by atoms with Crippen LogP contribution in [0.3, 0.4) is 0 Å². The van der Waals surface area contributed by atoms with Gasteiger partial charge in [-0.2, -0.15) is 4.31 Å². The third-order valence-corrected chi connectivity index (χ3v) is 5.33. The lowest BCUT2D eigenvalue weighted by Crippen LogP contribution is -2.38. The first-order valence-electron chi connectivity index (χ1n) is 5.97. The van der Waals surface area contributed by atoms with Crippen molar-refractivity contribution in [3.05, 3.63) is 24.0 Å². The Kier molecular flexibility index (Phi) is 3.59. The predicted octanol–water partition coefficient (Wildman–Crippen LogP) is 1.83. The average Bonchev–Trinajstić information content (AvgIpc) is 2.33. The molecule has 0 bridgehead atoms. The summed E-state index contributed by atoms with van der Waals surface area (Å²) in [4.78, 5) is -0.128. The molecule has 0 unspecified atom stereocenters. The van der Waals surface area contributed by atoms with Crippen LogP contribution in [0.25, 0.3) is 0 Å². The zero-order valence-electron chi connectivity index (χ0n) is 10.3. The van der Waals surface area contributed by atoms with E-state index in [2.05, 4.69) is 6.92 Å². The van der Waals surface area contributed by atoms with Crippen molar-refractivity contribution >= 4 is 15.7 Å². The Morgan fingerprint density at radius 1 is 1.33 bits per heavy atom. The van der Waals surface area contributed by atoms with Gasteiger partial charge in [-0.1, -0.05) is 13.0 Å². The molecule has 2 N–H and O–H groups in total. The molecule has 0 saturated carbocycles. The first-order valence-corrected chi connectivity index (χ1v) is 7.41. The van der Waals surface area contributed by atoms with E-state index >= 15 is 0 Å². The van der Waals surface area contributed by atoms with Gasteiger partial charge in [0.25, 0.3) is 0 Å². The Bertz CT molecular complexity index is 537. The lowest BCUT2D eigenvalue weighted by molar-refractivity contribution is 0.288. The summed E-state index contributed by atoms with van der Waals surface area (Å²) in [5, 5.41) is 0. The summed E-state index contributed by atoms with van der Waals surface area (Å²) >= 11 is 0. The van der Waals surface area contributed by atoms with Crippen molar-refractivity contribution in [3.63, 3.8) is 0 Å². The highest BCUT2D eigenvalue weighted by molar-refractivity contribution is 7.89. The molecule has 6 heteroatoms. The summed E-state index contributed by atoms with van der Waals surface area (Å²) in [6.45, 7) is 3.04. The second kappa shape index (κ2) is 4.85. The maximum Gasteiger partial charge on any atom is 0.245 e. The van der Waals surface area contributed by atoms with Crippen LogP contribution in [0.4, 0.5) is 10.1 Å². The second-order valence-corrected chi connectivity index (χ2v) is 6.64. The molecule has 2 rings (SSSR count). The van der Waals surface area contributed by atoms with Crippen LogP contribution in [-0.2, 0) is 10.0 Å². The van der Waals surface area contributed by atoms with E-state index in [4.69, 9.17) is 5.73 Å². The van der Waals surface area contributed by atoms with Gasteiger partial charge in [-0.3, -0.25) is 0 Å². The van der Waals surface area contributed by atoms with Gasteiger partial charge in [0.15, 0.2) is 0 Å². The fraction of sp³-hybridized carbons (Fsp3) is 0.500. The molecule has 0 atom stereocenters. The number of hydrogen-bond acceptors (Lipinski definition) is 3. The number of halogens is 1. The lowest BCUT2D eigenvalue weighted by Gasteiger charge is -2.29. The van der Waals surface area contributed by atoms with Crippen molar-refractivity contribution in [2.75, 3.05) is 18.8 Å². The molecule has 0 spiro atoms. The molecule has 4 nitrogen and oxygen atoms in total. The predicted molar refractivity (Wildman–Crippen MR) is 68.0 cm³/mol. The van der Waals surface area contributed by atoms with Gasteiger partial charge >= 0.3 is 0 Å². The van der Waals surface area contributed by atoms with Gasteiger partial charge in [0, 0.05) is 13.1 Å². The highest BCUT2D eigenvalue weighted by Crippen LogP contribution is 2.27. The van der Waals surface area contributed by atoms with Gasteiger partial charge in [0.2, 0.25) is 10.0 Å². The van der Waals surface area contributed by atoms with Crippen LogP contribution in [-0.4, -0.2) is 25.8 Å². The molecule has 0 aromatic heterocycles. The lowest BCUT2D eigenvalue weighted by atomic mass is 10.0. The third kappa shape index (κ3) is 2.35. The molecule has 1 aromatic carbocycles. The van der Waals surface area contributed by atoms with Crippen LogP contribution < -0.4 is 5.73 Å². The smallest absolute Gasteiger partial charge is 0.245 e. The van der Waals surface area contributed by atoms with E-state index in [1.807, 2.05) is 0 Å². The summed E-state index contributed by atoms with van der Waals surface area (Å²) in [6, 6.07) is 3.88. The minimum absolute atomic E-state index is 0.128. The Morgan fingerprint density at radius 3 is 2.56 bits per heavy atom. The molecule has 0 radical (unpaired) electrons. The normalized spacial score (nSPS) is 19.0. The monoisotopic (exact) mass is 272 g/mol. The van der Waals surface area contributed by atoms with Gasteiger partial charge in [-0.25, -0.2) is 12.8 Å². The van der Waals surface area contributed by atoms with Crippen molar-refractivity contribution in [2.24, 2.45) is 5.92 Å². The topological polar surface area (TPSA) is 63.4 Å². The van der Waals surface area contributed by atoms with E-state index in [-0.39, 0.29) is 10.6 Å². The van der Waals surface area contributed by atoms with Crippen molar-refractivity contribution < 1.29 is 12.8 Å². The summed E-state index contributed by atoms with van der Waals surface area (Å²) in [5.41, 5.74) is 5.23. The quantitative estimate of drug-likeness (QED) is 0.835. The zero-order chi connectivity index (χ0) is 13.3. The minimum atomic E-state index is -3.67. The SMILES string of the molecule is CC1CCN(S(=O)(=O)c2cccc(F)c2N)CC1. The van der Waals surface area contributed by atoms with Crippen molar-refractivity contribution in [3.8, 4) is 0 Å². The van der Waals surface area contributed by atoms with Crippen molar-refractivity contribution in [1.29, 1.82) is 0 Å². The molecule has 100 valence electrons. The highest BCUT2D eigenvalue weighted by atomic mass is 32.2. The van der Waals surface area contributed by atoms with Gasteiger partial charge in [0.1, 0.15) is 10.7 Å². The Morgan fingerprint density at radius 2 is 1.94 bits per heavy atom. The van der Waals surface area contributed by atoms with Gasteiger partial charge in [-0.15, -0.1) is 0 Å². The van der Waals surface area contributed by atoms with E-state index in [9.17, 15) is 12.8 Å². The van der Waals surface area contributed by atoms with Crippen LogP contribution in [0.5, 0.6) is 0 Å². The number of nitrogens with zero attached hydrogens (tertiary/aromatic N) is 1. The number of rotatable bonds is 2. The van der Waals surface area contributed by atoms with Crippen molar-refractivity contribution in [2.45, 2.75) is 24.7 Å². The number of nitrogen functional groups attached to an aromatic ring is 1. The number of sulfonamides is 1. The summed E-state index contributed by atoms with van der Waals surface area (Å²) < 4.78 is 39.4. The minimum Gasteiger partial charge on any atom is -0.395 e. The highest BCUT2D eigenvalue weighted by Gasteiger charge is 2.30. The number of hydrogen-bond donors (Lipinski definition) is 1. The standard InChI is InChI=1S/C12H17FN2O2S/c1-9-5-7-15(8-6-9)18(16,17)11-4-2-3-10(13)12(11)14/h2-4,9H,5-8,14H2,1H3. The van der Waals surface area contributed by atoms with Crippen LogP contribution in [0.2, 0.25) is 0 Å². The maximum atomic E-state index is 13.3. The fourth-order valence-electron chi connectivity index (χ4n) is 2.11. The second-order valence-electron chi connectivity index (χ2n) is 4.74. The molecule has 1 fully saturated rings. The molecule has 0 aliphatic carbocycles. The Labute approximate surface area is 107 Å². The van der Waals surface area contributed by atoms with Crippen LogP contribution in [0.15, 0.2) is 23.1 Å². The van der Waals surface area contributed by atoms with E-state index in [0.29, 0.717) is 19.0 Å². The van der Waals surface area contributed by atoms with Gasteiger partial charge in [-0.05, 0) is 30.9 Å². The maximum absolute atomic E-state index is 13.3. The Hall–Kier alpha value is -1.14. The largest absolute Gasteiger partial charge is 0.395 e. The number of piperidine rings is 1. The molecule has 1 aromatic rings. The first-order chi connectivity index (χ1) is 8.43. The molecule has 1 saturated heterocycles. The molecule has 1 heterocycles. The van der Waals surface area contributed by atoms with Crippen LogP contribution in [0, 0.1) is 11.7 Å². The summed E-state index contributed by atoms with van der Waals surface area (Å²) in [7, 11) is -3.67.